The van der Waals surface area contributed by atoms with E-state index in [4.69, 9.17) is 0 Å². The predicted octanol–water partition coefficient (Wildman–Crippen LogP) is 5.05. The van der Waals surface area contributed by atoms with E-state index in [9.17, 15) is 4.79 Å². The molecule has 0 spiro atoms. The van der Waals surface area contributed by atoms with Crippen LogP contribution in [0.4, 0.5) is 0 Å². The molecule has 0 aliphatic heterocycles. The van der Waals surface area contributed by atoms with Crippen LogP contribution in [0, 0.1) is 5.41 Å². The Kier molecular flexibility index (Phi) is 4.35. The van der Waals surface area contributed by atoms with Gasteiger partial charge < -0.3 is 0 Å². The van der Waals surface area contributed by atoms with E-state index in [1.807, 2.05) is 9.67 Å². The van der Waals surface area contributed by atoms with Gasteiger partial charge in [0.25, 0.3) is 0 Å². The monoisotopic (exact) mass is 368 g/mol. The molecule has 1 unspecified atom stereocenters. The molecule has 0 aromatic carbocycles. The van der Waals surface area contributed by atoms with E-state index in [-0.39, 0.29) is 5.41 Å². The number of ketones is 1. The van der Waals surface area contributed by atoms with Crippen LogP contribution in [-0.2, 0) is 4.79 Å². The predicted molar refractivity (Wildman–Crippen MR) is 84.9 cm³/mol. The first kappa shape index (κ1) is 15.3. The van der Waals surface area contributed by atoms with Crippen LogP contribution in [0.25, 0.3) is 0 Å². The van der Waals surface area contributed by atoms with Gasteiger partial charge in [-0.05, 0) is 0 Å². The SMILES string of the molecule is CC1=CC(=O)CCC1(C)CC1=[C]([Sn]([CH3])([CH3])[CH3])CCC1. The number of hydrogen-bond donors (Lipinski definition) is 0. The molecular formula is C17H28OSn. The topological polar surface area (TPSA) is 17.1 Å². The molecule has 0 N–H and O–H groups in total. The number of carbonyl (C=O) groups is 1. The Morgan fingerprint density at radius 1 is 1.21 bits per heavy atom. The van der Waals surface area contributed by atoms with Crippen molar-refractivity contribution in [1.29, 1.82) is 0 Å². The van der Waals surface area contributed by atoms with Gasteiger partial charge in [0.05, 0.1) is 0 Å². The maximum atomic E-state index is 11.5. The minimum absolute atomic E-state index is 0.246. The average Bonchev–Trinajstić information content (AvgIpc) is 2.72. The maximum absolute atomic E-state index is 11.5. The third kappa shape index (κ3) is 3.34. The van der Waals surface area contributed by atoms with Crippen molar-refractivity contribution >= 4 is 24.2 Å². The van der Waals surface area contributed by atoms with Gasteiger partial charge >= 0.3 is 122 Å². The molecule has 106 valence electrons. The van der Waals surface area contributed by atoms with Crippen molar-refractivity contribution in [1.82, 2.24) is 0 Å². The molecule has 0 bridgehead atoms. The molecule has 1 atom stereocenters. The van der Waals surface area contributed by atoms with Crippen LogP contribution < -0.4 is 0 Å². The van der Waals surface area contributed by atoms with Crippen molar-refractivity contribution in [2.24, 2.45) is 5.41 Å². The molecule has 19 heavy (non-hydrogen) atoms. The number of allylic oxidation sites excluding steroid dienone is 4. The average molecular weight is 367 g/mol. The minimum atomic E-state index is -1.89. The van der Waals surface area contributed by atoms with Gasteiger partial charge in [-0.25, -0.2) is 0 Å². The van der Waals surface area contributed by atoms with Gasteiger partial charge in [0.1, 0.15) is 0 Å². The van der Waals surface area contributed by atoms with Gasteiger partial charge in [0.2, 0.25) is 0 Å². The molecule has 1 nitrogen and oxygen atoms in total. The van der Waals surface area contributed by atoms with Crippen LogP contribution in [0.1, 0.15) is 52.4 Å². The first-order chi connectivity index (χ1) is 8.72. The van der Waals surface area contributed by atoms with Crippen LogP contribution in [-0.4, -0.2) is 24.2 Å². The van der Waals surface area contributed by atoms with E-state index in [0.29, 0.717) is 5.78 Å². The van der Waals surface area contributed by atoms with E-state index in [1.54, 1.807) is 5.57 Å². The molecule has 0 fully saturated rings. The molecule has 0 amide bonds. The molecule has 0 aromatic heterocycles. The van der Waals surface area contributed by atoms with Crippen molar-refractivity contribution in [3.8, 4) is 0 Å². The summed E-state index contributed by atoms with van der Waals surface area (Å²) in [5.74, 6) is 0.325. The van der Waals surface area contributed by atoms with Gasteiger partial charge in [-0.2, -0.15) is 0 Å². The first-order valence-corrected chi connectivity index (χ1v) is 17.6. The molecule has 2 heteroatoms. The summed E-state index contributed by atoms with van der Waals surface area (Å²) in [6.07, 6.45) is 8.97. The fourth-order valence-electron chi connectivity index (χ4n) is 3.69. The van der Waals surface area contributed by atoms with Crippen molar-refractivity contribution in [2.75, 3.05) is 0 Å². The summed E-state index contributed by atoms with van der Waals surface area (Å²) in [6.45, 7) is 4.53. The summed E-state index contributed by atoms with van der Waals surface area (Å²) in [4.78, 5) is 19.2. The summed E-state index contributed by atoms with van der Waals surface area (Å²) in [6, 6.07) is 0. The van der Waals surface area contributed by atoms with Crippen molar-refractivity contribution in [2.45, 2.75) is 67.2 Å². The molecule has 0 saturated heterocycles. The van der Waals surface area contributed by atoms with Crippen LogP contribution in [0.15, 0.2) is 20.8 Å². The fourth-order valence-corrected chi connectivity index (χ4v) is 9.97. The zero-order valence-corrected chi connectivity index (χ0v) is 16.1. The molecule has 2 aliphatic carbocycles. The first-order valence-electron chi connectivity index (χ1n) is 7.65. The second kappa shape index (κ2) is 5.38. The van der Waals surface area contributed by atoms with Crippen molar-refractivity contribution < 1.29 is 4.79 Å². The van der Waals surface area contributed by atoms with E-state index in [1.165, 1.54) is 31.3 Å². The van der Waals surface area contributed by atoms with Crippen LogP contribution in [0.5, 0.6) is 0 Å². The quantitative estimate of drug-likeness (QED) is 0.638. The molecule has 2 rings (SSSR count). The molecule has 2 aliphatic rings. The molecular weight excluding hydrogens is 339 g/mol. The van der Waals surface area contributed by atoms with Crippen LogP contribution in [0.3, 0.4) is 0 Å². The van der Waals surface area contributed by atoms with Gasteiger partial charge in [0.15, 0.2) is 0 Å². The second-order valence-electron chi connectivity index (χ2n) is 7.72. The Labute approximate surface area is 122 Å². The summed E-state index contributed by atoms with van der Waals surface area (Å²) in [5, 5.41) is 0. The number of hydrogen-bond acceptors (Lipinski definition) is 1. The normalized spacial score (nSPS) is 28.9. The van der Waals surface area contributed by atoms with E-state index in [0.717, 1.165) is 12.8 Å². The Morgan fingerprint density at radius 3 is 2.47 bits per heavy atom. The molecule has 0 radical (unpaired) electrons. The third-order valence-corrected chi connectivity index (χ3v) is 12.0. The van der Waals surface area contributed by atoms with Gasteiger partial charge in [-0.15, -0.1) is 0 Å². The standard InChI is InChI=1S/C14H19O.3CH3.Sn/c1-11-9-13(15)7-8-14(11,2)10-12-5-3-4-6-12;;;;/h9H,3-5,7-8,10H2,1-2H3;3*1H3;. The number of carbonyl (C=O) groups excluding carboxylic acids is 1. The van der Waals surface area contributed by atoms with Crippen molar-refractivity contribution in [3.63, 3.8) is 0 Å². The second-order valence-corrected chi connectivity index (χ2v) is 22.3. The number of rotatable bonds is 3. The Balaban J connectivity index is 2.26. The van der Waals surface area contributed by atoms with Crippen molar-refractivity contribution in [3.05, 3.63) is 20.8 Å². The van der Waals surface area contributed by atoms with Gasteiger partial charge in [-0.3, -0.25) is 0 Å². The van der Waals surface area contributed by atoms with E-state index >= 15 is 0 Å². The van der Waals surface area contributed by atoms with Gasteiger partial charge in [-0.1, -0.05) is 0 Å². The Bertz CT molecular complexity index is 450. The third-order valence-electron chi connectivity index (χ3n) is 5.09. The zero-order valence-electron chi connectivity index (χ0n) is 13.2. The summed E-state index contributed by atoms with van der Waals surface area (Å²) in [7, 11) is 0. The molecule has 0 heterocycles. The summed E-state index contributed by atoms with van der Waals surface area (Å²) < 4.78 is 1.89. The Morgan fingerprint density at radius 2 is 1.89 bits per heavy atom. The van der Waals surface area contributed by atoms with Crippen LogP contribution >= 0.6 is 0 Å². The van der Waals surface area contributed by atoms with Gasteiger partial charge in [0, 0.05) is 0 Å². The molecule has 0 aromatic rings. The molecule has 0 saturated carbocycles. The fraction of sp³-hybridized carbons (Fsp3) is 0.706. The van der Waals surface area contributed by atoms with E-state index < -0.39 is 18.4 Å². The summed E-state index contributed by atoms with van der Waals surface area (Å²) in [5.41, 5.74) is 3.33. The van der Waals surface area contributed by atoms with E-state index in [2.05, 4.69) is 28.7 Å². The van der Waals surface area contributed by atoms with Crippen LogP contribution in [0.2, 0.25) is 14.8 Å². The summed E-state index contributed by atoms with van der Waals surface area (Å²) >= 11 is -1.89. The zero-order chi connectivity index (χ0) is 14.3. The Hall–Kier alpha value is -0.0513.